The van der Waals surface area contributed by atoms with Crippen molar-refractivity contribution in [1.29, 1.82) is 0 Å². The Hall–Kier alpha value is -0.570. The van der Waals surface area contributed by atoms with E-state index >= 15 is 0 Å². The van der Waals surface area contributed by atoms with E-state index in [4.69, 9.17) is 0 Å². The molecule has 2 heterocycles. The van der Waals surface area contributed by atoms with Crippen molar-refractivity contribution in [2.24, 2.45) is 16.7 Å². The van der Waals surface area contributed by atoms with Crippen molar-refractivity contribution in [2.45, 2.75) is 58.8 Å². The predicted molar refractivity (Wildman–Crippen MR) is 81.5 cm³/mol. The van der Waals surface area contributed by atoms with Crippen LogP contribution in [0.5, 0.6) is 0 Å². The highest BCUT2D eigenvalue weighted by Crippen LogP contribution is 2.52. The molecule has 0 bridgehead atoms. The van der Waals surface area contributed by atoms with Crippen LogP contribution in [0.4, 0.5) is 0 Å². The van der Waals surface area contributed by atoms with Gasteiger partial charge in [-0.2, -0.15) is 0 Å². The first-order chi connectivity index (χ1) is 9.55. The molecule has 1 N–H and O–H groups in total. The Bertz CT molecular complexity index is 357. The summed E-state index contributed by atoms with van der Waals surface area (Å²) >= 11 is 0. The zero-order valence-corrected chi connectivity index (χ0v) is 13.2. The highest BCUT2D eigenvalue weighted by molar-refractivity contribution is 5.85. The third-order valence-corrected chi connectivity index (χ3v) is 5.78. The quantitative estimate of drug-likeness (QED) is 0.861. The maximum atomic E-state index is 12.8. The Morgan fingerprint density at radius 3 is 2.35 bits per heavy atom. The molecule has 0 radical (unpaired) electrons. The van der Waals surface area contributed by atoms with Crippen LogP contribution < -0.4 is 5.32 Å². The van der Waals surface area contributed by atoms with Crippen molar-refractivity contribution in [3.63, 3.8) is 0 Å². The SMILES string of the molecule is CC(C)CC1(C(=O)N2CCC3(CCCNC3)CC2)CC1. The predicted octanol–water partition coefficient (Wildman–Crippen LogP) is 2.80. The maximum Gasteiger partial charge on any atom is 0.228 e. The van der Waals surface area contributed by atoms with Crippen LogP contribution in [0, 0.1) is 16.7 Å². The molecule has 0 aromatic rings. The second kappa shape index (κ2) is 5.32. The fourth-order valence-corrected chi connectivity index (χ4v) is 4.41. The summed E-state index contributed by atoms with van der Waals surface area (Å²) in [5, 5.41) is 3.55. The van der Waals surface area contributed by atoms with E-state index in [1.165, 1.54) is 38.8 Å². The Balaban J connectivity index is 1.56. The molecule has 1 aliphatic carbocycles. The van der Waals surface area contributed by atoms with E-state index in [-0.39, 0.29) is 5.41 Å². The summed E-state index contributed by atoms with van der Waals surface area (Å²) in [4.78, 5) is 15.0. The van der Waals surface area contributed by atoms with Gasteiger partial charge in [-0.3, -0.25) is 4.79 Å². The minimum Gasteiger partial charge on any atom is -0.342 e. The van der Waals surface area contributed by atoms with Gasteiger partial charge in [-0.1, -0.05) is 13.8 Å². The zero-order chi connectivity index (χ0) is 14.2. The number of hydrogen-bond donors (Lipinski definition) is 1. The van der Waals surface area contributed by atoms with Crippen molar-refractivity contribution in [3.8, 4) is 0 Å². The highest BCUT2D eigenvalue weighted by atomic mass is 16.2. The Morgan fingerprint density at radius 2 is 1.85 bits per heavy atom. The summed E-state index contributed by atoms with van der Waals surface area (Å²) < 4.78 is 0. The lowest BCUT2D eigenvalue weighted by molar-refractivity contribution is -0.140. The maximum absolute atomic E-state index is 12.8. The van der Waals surface area contributed by atoms with E-state index in [1.807, 2.05) is 0 Å². The van der Waals surface area contributed by atoms with Crippen molar-refractivity contribution >= 4 is 5.91 Å². The summed E-state index contributed by atoms with van der Waals surface area (Å²) in [6.07, 6.45) is 8.45. The minimum absolute atomic E-state index is 0.0451. The van der Waals surface area contributed by atoms with E-state index in [0.717, 1.165) is 32.4 Å². The molecule has 114 valence electrons. The molecule has 0 aromatic heterocycles. The van der Waals surface area contributed by atoms with E-state index in [0.29, 0.717) is 17.2 Å². The second-order valence-electron chi connectivity index (χ2n) is 7.95. The van der Waals surface area contributed by atoms with Crippen molar-refractivity contribution in [2.75, 3.05) is 26.2 Å². The molecule has 2 aliphatic heterocycles. The van der Waals surface area contributed by atoms with Gasteiger partial charge in [0, 0.05) is 25.0 Å². The first kappa shape index (κ1) is 14.4. The molecule has 0 unspecified atom stereocenters. The fourth-order valence-electron chi connectivity index (χ4n) is 4.41. The van der Waals surface area contributed by atoms with Gasteiger partial charge in [0.25, 0.3) is 0 Å². The Kier molecular flexibility index (Phi) is 3.83. The summed E-state index contributed by atoms with van der Waals surface area (Å²) in [5.41, 5.74) is 0.549. The molecule has 3 fully saturated rings. The molecule has 3 aliphatic rings. The topological polar surface area (TPSA) is 32.3 Å². The third kappa shape index (κ3) is 2.74. The van der Waals surface area contributed by atoms with Gasteiger partial charge >= 0.3 is 0 Å². The monoisotopic (exact) mass is 278 g/mol. The first-order valence-electron chi connectivity index (χ1n) is 8.56. The van der Waals surface area contributed by atoms with Gasteiger partial charge < -0.3 is 10.2 Å². The van der Waals surface area contributed by atoms with Crippen LogP contribution in [0.25, 0.3) is 0 Å². The van der Waals surface area contributed by atoms with Crippen molar-refractivity contribution < 1.29 is 4.79 Å². The number of rotatable bonds is 3. The smallest absolute Gasteiger partial charge is 0.228 e. The van der Waals surface area contributed by atoms with Gasteiger partial charge in [0.05, 0.1) is 0 Å². The summed E-state index contributed by atoms with van der Waals surface area (Å²) in [5.74, 6) is 1.12. The Labute approximate surface area is 123 Å². The van der Waals surface area contributed by atoms with Gasteiger partial charge in [-0.15, -0.1) is 0 Å². The molecular weight excluding hydrogens is 248 g/mol. The van der Waals surface area contributed by atoms with E-state index in [9.17, 15) is 4.79 Å². The van der Waals surface area contributed by atoms with Gasteiger partial charge in [-0.25, -0.2) is 0 Å². The number of piperidine rings is 2. The summed E-state index contributed by atoms with van der Waals surface area (Å²) in [7, 11) is 0. The zero-order valence-electron chi connectivity index (χ0n) is 13.2. The van der Waals surface area contributed by atoms with Crippen LogP contribution in [0.15, 0.2) is 0 Å². The number of nitrogens with zero attached hydrogens (tertiary/aromatic N) is 1. The van der Waals surface area contributed by atoms with Crippen LogP contribution in [-0.2, 0) is 4.79 Å². The van der Waals surface area contributed by atoms with E-state index in [2.05, 4.69) is 24.1 Å². The van der Waals surface area contributed by atoms with Crippen LogP contribution >= 0.6 is 0 Å². The number of amides is 1. The minimum atomic E-state index is 0.0451. The molecule has 0 atom stereocenters. The van der Waals surface area contributed by atoms with E-state index < -0.39 is 0 Å². The fraction of sp³-hybridized carbons (Fsp3) is 0.941. The molecule has 0 aromatic carbocycles. The molecule has 1 amide bonds. The van der Waals surface area contributed by atoms with Gasteiger partial charge in [0.1, 0.15) is 0 Å². The number of hydrogen-bond acceptors (Lipinski definition) is 2. The lowest BCUT2D eigenvalue weighted by atomic mass is 9.73. The molecule has 2 saturated heterocycles. The normalized spacial score (nSPS) is 27.9. The second-order valence-corrected chi connectivity index (χ2v) is 7.95. The molecule has 3 rings (SSSR count). The van der Waals surface area contributed by atoms with Crippen LogP contribution in [0.2, 0.25) is 0 Å². The van der Waals surface area contributed by atoms with E-state index in [1.54, 1.807) is 0 Å². The van der Waals surface area contributed by atoms with Crippen molar-refractivity contribution in [1.82, 2.24) is 10.2 Å². The standard InChI is InChI=1S/C17H30N2O/c1-14(2)12-17(5-6-17)15(20)19-10-7-16(8-11-19)4-3-9-18-13-16/h14,18H,3-13H2,1-2H3. The average molecular weight is 278 g/mol. The molecular formula is C17H30N2O. The molecule has 20 heavy (non-hydrogen) atoms. The van der Waals surface area contributed by atoms with Gasteiger partial charge in [0.15, 0.2) is 0 Å². The molecule has 3 nitrogen and oxygen atoms in total. The number of carbonyl (C=O) groups excluding carboxylic acids is 1. The summed E-state index contributed by atoms with van der Waals surface area (Å²) in [6.45, 7) is 8.84. The number of likely N-dealkylation sites (tertiary alicyclic amines) is 1. The average Bonchev–Trinajstić information content (AvgIpc) is 3.20. The van der Waals surface area contributed by atoms with Gasteiger partial charge in [-0.05, 0) is 62.8 Å². The molecule has 3 heteroatoms. The third-order valence-electron chi connectivity index (χ3n) is 5.78. The first-order valence-corrected chi connectivity index (χ1v) is 8.56. The largest absolute Gasteiger partial charge is 0.342 e. The summed E-state index contributed by atoms with van der Waals surface area (Å²) in [6, 6.07) is 0. The van der Waals surface area contributed by atoms with Crippen LogP contribution in [0.3, 0.4) is 0 Å². The Morgan fingerprint density at radius 1 is 1.15 bits per heavy atom. The van der Waals surface area contributed by atoms with Gasteiger partial charge in [0.2, 0.25) is 5.91 Å². The number of carbonyl (C=O) groups is 1. The van der Waals surface area contributed by atoms with Crippen molar-refractivity contribution in [3.05, 3.63) is 0 Å². The lowest BCUT2D eigenvalue weighted by Crippen LogP contribution is -2.50. The van der Waals surface area contributed by atoms with Crippen LogP contribution in [-0.4, -0.2) is 37.0 Å². The molecule has 1 spiro atoms. The molecule has 1 saturated carbocycles. The van der Waals surface area contributed by atoms with Crippen LogP contribution in [0.1, 0.15) is 58.8 Å². The number of nitrogens with one attached hydrogen (secondary N) is 1. The highest BCUT2D eigenvalue weighted by Gasteiger charge is 2.52. The lowest BCUT2D eigenvalue weighted by Gasteiger charge is -2.45.